The second-order valence-corrected chi connectivity index (χ2v) is 5.81. The third kappa shape index (κ3) is 3.03. The lowest BCUT2D eigenvalue weighted by Gasteiger charge is -2.23. The van der Waals surface area contributed by atoms with Crippen molar-refractivity contribution in [1.29, 1.82) is 0 Å². The average molecular weight is 342 g/mol. The Kier molecular flexibility index (Phi) is 4.25. The van der Waals surface area contributed by atoms with Gasteiger partial charge in [0.05, 0.1) is 17.7 Å². The van der Waals surface area contributed by atoms with E-state index in [-0.39, 0.29) is 5.02 Å². The predicted octanol–water partition coefficient (Wildman–Crippen LogP) is 4.68. The van der Waals surface area contributed by atoms with Crippen LogP contribution in [-0.4, -0.2) is 13.7 Å². The predicted molar refractivity (Wildman–Crippen MR) is 83.9 cm³/mol. The minimum absolute atomic E-state index is 0.303. The molecular formula is C17H15ClF3NO. The van der Waals surface area contributed by atoms with E-state index in [0.717, 1.165) is 30.2 Å². The molecule has 0 aromatic heterocycles. The molecule has 0 saturated heterocycles. The van der Waals surface area contributed by atoms with Crippen molar-refractivity contribution in [2.45, 2.75) is 19.1 Å². The van der Waals surface area contributed by atoms with Crippen molar-refractivity contribution in [3.8, 4) is 16.9 Å². The van der Waals surface area contributed by atoms with Crippen LogP contribution in [0.4, 0.5) is 13.2 Å². The lowest BCUT2D eigenvalue weighted by molar-refractivity contribution is -0.137. The Bertz CT molecular complexity index is 743. The number of nitrogens with one attached hydrogen (secondary N) is 1. The monoisotopic (exact) mass is 341 g/mol. The third-order valence-electron chi connectivity index (χ3n) is 4.02. The lowest BCUT2D eigenvalue weighted by Crippen LogP contribution is -2.24. The highest BCUT2D eigenvalue weighted by Crippen LogP contribution is 2.41. The largest absolute Gasteiger partial charge is 0.496 e. The van der Waals surface area contributed by atoms with Crippen molar-refractivity contribution in [1.82, 2.24) is 5.32 Å². The molecule has 23 heavy (non-hydrogen) atoms. The number of hydrogen-bond acceptors (Lipinski definition) is 2. The third-order valence-corrected chi connectivity index (χ3v) is 4.35. The van der Waals surface area contributed by atoms with E-state index in [9.17, 15) is 13.2 Å². The normalized spacial score (nSPS) is 14.5. The Morgan fingerprint density at radius 1 is 1.17 bits per heavy atom. The van der Waals surface area contributed by atoms with Crippen molar-refractivity contribution in [3.63, 3.8) is 0 Å². The van der Waals surface area contributed by atoms with Crippen LogP contribution in [0.1, 0.15) is 16.7 Å². The summed E-state index contributed by atoms with van der Waals surface area (Å²) in [5.74, 6) is 0.558. The zero-order valence-corrected chi connectivity index (χ0v) is 13.2. The summed E-state index contributed by atoms with van der Waals surface area (Å²) < 4.78 is 44.8. The molecule has 1 aliphatic heterocycles. The highest BCUT2D eigenvalue weighted by atomic mass is 35.5. The summed E-state index contributed by atoms with van der Waals surface area (Å²) in [5.41, 5.74) is 2.42. The Hall–Kier alpha value is -1.72. The molecule has 1 aliphatic rings. The van der Waals surface area contributed by atoms with Crippen molar-refractivity contribution in [2.75, 3.05) is 13.7 Å². The number of halogens is 4. The number of alkyl halides is 3. The molecule has 0 spiro atoms. The van der Waals surface area contributed by atoms with E-state index in [1.807, 2.05) is 6.07 Å². The topological polar surface area (TPSA) is 21.3 Å². The summed E-state index contributed by atoms with van der Waals surface area (Å²) in [5, 5.41) is 2.95. The molecule has 0 fully saturated rings. The van der Waals surface area contributed by atoms with Gasteiger partial charge in [0.25, 0.3) is 0 Å². The Morgan fingerprint density at radius 3 is 2.65 bits per heavy atom. The van der Waals surface area contributed by atoms with Gasteiger partial charge in [-0.15, -0.1) is 0 Å². The maximum absolute atomic E-state index is 13.1. The van der Waals surface area contributed by atoms with Crippen LogP contribution in [0.2, 0.25) is 5.02 Å². The van der Waals surface area contributed by atoms with Gasteiger partial charge in [0.1, 0.15) is 5.75 Å². The van der Waals surface area contributed by atoms with E-state index in [4.69, 9.17) is 16.3 Å². The summed E-state index contributed by atoms with van der Waals surface area (Å²) in [6.45, 7) is 1.46. The Labute approximate surface area is 137 Å². The van der Waals surface area contributed by atoms with Gasteiger partial charge < -0.3 is 10.1 Å². The fourth-order valence-corrected chi connectivity index (χ4v) is 3.15. The zero-order valence-electron chi connectivity index (χ0n) is 12.4. The SMILES string of the molecule is COc1ccc2c(c1-c1ccc(Cl)c(C(F)(F)F)c1)CNCC2. The minimum Gasteiger partial charge on any atom is -0.496 e. The zero-order chi connectivity index (χ0) is 16.6. The molecular weight excluding hydrogens is 327 g/mol. The second-order valence-electron chi connectivity index (χ2n) is 5.40. The number of benzene rings is 2. The number of methoxy groups -OCH3 is 1. The van der Waals surface area contributed by atoms with E-state index in [0.29, 0.717) is 23.4 Å². The fourth-order valence-electron chi connectivity index (χ4n) is 2.93. The van der Waals surface area contributed by atoms with Gasteiger partial charge in [0.2, 0.25) is 0 Å². The van der Waals surface area contributed by atoms with Gasteiger partial charge in [-0.2, -0.15) is 13.2 Å². The molecule has 1 N–H and O–H groups in total. The van der Waals surface area contributed by atoms with Crippen LogP contribution in [0, 0.1) is 0 Å². The molecule has 0 bridgehead atoms. The number of fused-ring (bicyclic) bond motifs is 1. The highest BCUT2D eigenvalue weighted by molar-refractivity contribution is 6.31. The standard InChI is InChI=1S/C17H15ClF3NO/c1-23-15-5-3-10-6-7-22-9-12(10)16(15)11-2-4-14(18)13(8-11)17(19,20)21/h2-5,8,22H,6-7,9H2,1H3. The molecule has 0 atom stereocenters. The lowest BCUT2D eigenvalue weighted by atomic mass is 9.90. The summed E-state index contributed by atoms with van der Waals surface area (Å²) in [6.07, 6.45) is -3.65. The summed E-state index contributed by atoms with van der Waals surface area (Å²) >= 11 is 5.72. The number of hydrogen-bond donors (Lipinski definition) is 1. The van der Waals surface area contributed by atoms with Crippen molar-refractivity contribution >= 4 is 11.6 Å². The summed E-state index contributed by atoms with van der Waals surface area (Å²) in [7, 11) is 1.52. The maximum Gasteiger partial charge on any atom is 0.417 e. The Morgan fingerprint density at radius 2 is 1.96 bits per heavy atom. The smallest absolute Gasteiger partial charge is 0.417 e. The quantitative estimate of drug-likeness (QED) is 0.856. The van der Waals surface area contributed by atoms with E-state index in [2.05, 4.69) is 5.32 Å². The van der Waals surface area contributed by atoms with Crippen LogP contribution in [0.5, 0.6) is 5.75 Å². The number of rotatable bonds is 2. The van der Waals surface area contributed by atoms with Crippen LogP contribution >= 0.6 is 11.6 Å². The minimum atomic E-state index is -4.49. The van der Waals surface area contributed by atoms with Crippen LogP contribution < -0.4 is 10.1 Å². The van der Waals surface area contributed by atoms with Crippen LogP contribution in [0.25, 0.3) is 11.1 Å². The molecule has 1 heterocycles. The molecule has 2 aromatic rings. The average Bonchev–Trinajstić information content (AvgIpc) is 2.53. The van der Waals surface area contributed by atoms with Crippen LogP contribution in [0.15, 0.2) is 30.3 Å². The van der Waals surface area contributed by atoms with E-state index in [1.54, 1.807) is 12.1 Å². The van der Waals surface area contributed by atoms with Gasteiger partial charge in [-0.05, 0) is 47.9 Å². The van der Waals surface area contributed by atoms with Crippen molar-refractivity contribution in [3.05, 3.63) is 52.0 Å². The maximum atomic E-state index is 13.1. The van der Waals surface area contributed by atoms with Gasteiger partial charge in [-0.3, -0.25) is 0 Å². The molecule has 3 rings (SSSR count). The first-order valence-electron chi connectivity index (χ1n) is 7.18. The summed E-state index contributed by atoms with van der Waals surface area (Å²) in [4.78, 5) is 0. The van der Waals surface area contributed by atoms with Crippen molar-refractivity contribution < 1.29 is 17.9 Å². The first-order chi connectivity index (χ1) is 10.9. The number of ether oxygens (including phenoxy) is 1. The van der Waals surface area contributed by atoms with Gasteiger partial charge >= 0.3 is 6.18 Å². The first-order valence-corrected chi connectivity index (χ1v) is 7.56. The highest BCUT2D eigenvalue weighted by Gasteiger charge is 2.34. The molecule has 0 unspecified atom stereocenters. The molecule has 0 saturated carbocycles. The molecule has 0 radical (unpaired) electrons. The molecule has 2 aromatic carbocycles. The first kappa shape index (κ1) is 16.1. The molecule has 0 aliphatic carbocycles. The molecule has 122 valence electrons. The van der Waals surface area contributed by atoms with E-state index < -0.39 is 11.7 Å². The van der Waals surface area contributed by atoms with Gasteiger partial charge in [-0.1, -0.05) is 23.7 Å². The van der Waals surface area contributed by atoms with Crippen LogP contribution in [0.3, 0.4) is 0 Å². The van der Waals surface area contributed by atoms with Crippen LogP contribution in [-0.2, 0) is 19.1 Å². The van der Waals surface area contributed by atoms with Gasteiger partial charge in [0, 0.05) is 12.1 Å². The van der Waals surface area contributed by atoms with Gasteiger partial charge in [0.15, 0.2) is 0 Å². The molecule has 0 amide bonds. The Balaban J connectivity index is 2.22. The van der Waals surface area contributed by atoms with Crippen molar-refractivity contribution in [2.24, 2.45) is 0 Å². The van der Waals surface area contributed by atoms with E-state index >= 15 is 0 Å². The van der Waals surface area contributed by atoms with Gasteiger partial charge in [-0.25, -0.2) is 0 Å². The molecule has 6 heteroatoms. The van der Waals surface area contributed by atoms with E-state index in [1.165, 1.54) is 13.2 Å². The molecule has 2 nitrogen and oxygen atoms in total. The fraction of sp³-hybridized carbons (Fsp3) is 0.294. The second kappa shape index (κ2) is 6.06. The summed E-state index contributed by atoms with van der Waals surface area (Å²) in [6, 6.07) is 7.76.